The summed E-state index contributed by atoms with van der Waals surface area (Å²) in [6, 6.07) is 7.90. The van der Waals surface area contributed by atoms with E-state index in [0.717, 1.165) is 49.5 Å². The minimum Gasteiger partial charge on any atom is -0.383 e. The third kappa shape index (κ3) is 11.4. The van der Waals surface area contributed by atoms with Crippen LogP contribution in [-0.2, 0) is 4.74 Å². The number of likely N-dealkylation sites (N-methyl/N-ethyl adjacent to an activating group) is 1. The normalized spacial score (nSPS) is 11.3. The highest BCUT2D eigenvalue weighted by Crippen LogP contribution is 2.19. The zero-order chi connectivity index (χ0) is 16.9. The van der Waals surface area contributed by atoms with Crippen molar-refractivity contribution in [1.29, 1.82) is 0 Å². The summed E-state index contributed by atoms with van der Waals surface area (Å²) < 4.78 is 5.06. The number of halogens is 2. The number of thioether (sulfide) groups is 1. The Balaban J connectivity index is 0.00000529. The molecule has 0 unspecified atom stereocenters. The highest BCUT2D eigenvalue weighted by molar-refractivity contribution is 14.0. The van der Waals surface area contributed by atoms with Crippen molar-refractivity contribution < 1.29 is 4.74 Å². The molecule has 8 heteroatoms. The van der Waals surface area contributed by atoms with Crippen molar-refractivity contribution in [3.63, 3.8) is 0 Å². The predicted octanol–water partition coefficient (Wildman–Crippen LogP) is 2.79. The Kier molecular flexibility index (Phi) is 14.9. The Labute approximate surface area is 172 Å². The minimum atomic E-state index is 0. The van der Waals surface area contributed by atoms with E-state index in [-0.39, 0.29) is 24.0 Å². The SMILES string of the molecule is CN=C(NCCSc1ccc(Cl)cc1)NCCN(C)CCOC.I. The molecular formula is C16H28ClIN4OS. The van der Waals surface area contributed by atoms with Crippen molar-refractivity contribution in [2.75, 3.05) is 59.7 Å². The number of aliphatic imine (C=N–C) groups is 1. The molecule has 2 N–H and O–H groups in total. The summed E-state index contributed by atoms with van der Waals surface area (Å²) in [4.78, 5) is 7.67. The molecule has 0 atom stereocenters. The van der Waals surface area contributed by atoms with E-state index in [0.29, 0.717) is 0 Å². The molecule has 0 fully saturated rings. The summed E-state index contributed by atoms with van der Waals surface area (Å²) >= 11 is 7.67. The number of hydrogen-bond donors (Lipinski definition) is 2. The van der Waals surface area contributed by atoms with Crippen LogP contribution in [0, 0.1) is 0 Å². The quantitative estimate of drug-likeness (QED) is 0.175. The van der Waals surface area contributed by atoms with Gasteiger partial charge in [0.25, 0.3) is 0 Å². The van der Waals surface area contributed by atoms with Crippen molar-refractivity contribution in [3.8, 4) is 0 Å². The molecule has 0 saturated heterocycles. The first-order valence-electron chi connectivity index (χ1n) is 7.66. The molecule has 0 amide bonds. The van der Waals surface area contributed by atoms with E-state index in [1.807, 2.05) is 24.3 Å². The van der Waals surface area contributed by atoms with Crippen LogP contribution in [-0.4, -0.2) is 70.6 Å². The molecule has 0 heterocycles. The average Bonchev–Trinajstić information content (AvgIpc) is 2.56. The second kappa shape index (κ2) is 15.1. The van der Waals surface area contributed by atoms with E-state index in [4.69, 9.17) is 16.3 Å². The van der Waals surface area contributed by atoms with Crippen molar-refractivity contribution in [2.24, 2.45) is 4.99 Å². The van der Waals surface area contributed by atoms with E-state index in [1.54, 1.807) is 25.9 Å². The summed E-state index contributed by atoms with van der Waals surface area (Å²) in [6.07, 6.45) is 0. The fourth-order valence-electron chi connectivity index (χ4n) is 1.81. The van der Waals surface area contributed by atoms with Crippen LogP contribution in [0.3, 0.4) is 0 Å². The summed E-state index contributed by atoms with van der Waals surface area (Å²) in [6.45, 7) is 4.34. The summed E-state index contributed by atoms with van der Waals surface area (Å²) in [5.74, 6) is 1.80. The smallest absolute Gasteiger partial charge is 0.191 e. The molecule has 24 heavy (non-hydrogen) atoms. The number of hydrogen-bond acceptors (Lipinski definition) is 4. The van der Waals surface area contributed by atoms with E-state index < -0.39 is 0 Å². The molecule has 0 spiro atoms. The fraction of sp³-hybridized carbons (Fsp3) is 0.562. The first-order chi connectivity index (χ1) is 11.2. The lowest BCUT2D eigenvalue weighted by molar-refractivity contribution is 0.162. The zero-order valence-electron chi connectivity index (χ0n) is 14.5. The molecule has 0 bridgehead atoms. The number of benzene rings is 1. The maximum Gasteiger partial charge on any atom is 0.191 e. The van der Waals surface area contributed by atoms with Gasteiger partial charge in [0.1, 0.15) is 0 Å². The lowest BCUT2D eigenvalue weighted by Crippen LogP contribution is -2.42. The van der Waals surface area contributed by atoms with Gasteiger partial charge in [-0.05, 0) is 31.3 Å². The van der Waals surface area contributed by atoms with Gasteiger partial charge in [0.2, 0.25) is 0 Å². The average molecular weight is 487 g/mol. The Hall–Kier alpha value is -0.220. The number of methoxy groups -OCH3 is 1. The second-order valence-corrected chi connectivity index (χ2v) is 6.63. The van der Waals surface area contributed by atoms with Crippen LogP contribution in [0.1, 0.15) is 0 Å². The Bertz CT molecular complexity index is 462. The van der Waals surface area contributed by atoms with Crippen LogP contribution < -0.4 is 10.6 Å². The summed E-state index contributed by atoms with van der Waals surface area (Å²) in [5.41, 5.74) is 0. The Morgan fingerprint density at radius 1 is 1.21 bits per heavy atom. The Morgan fingerprint density at radius 2 is 1.88 bits per heavy atom. The minimum absolute atomic E-state index is 0. The number of ether oxygens (including phenoxy) is 1. The van der Waals surface area contributed by atoms with Gasteiger partial charge in [-0.25, -0.2) is 0 Å². The molecular weight excluding hydrogens is 459 g/mol. The summed E-state index contributed by atoms with van der Waals surface area (Å²) in [5, 5.41) is 7.40. The van der Waals surface area contributed by atoms with Crippen LogP contribution in [0.4, 0.5) is 0 Å². The van der Waals surface area contributed by atoms with Gasteiger partial charge in [-0.2, -0.15) is 0 Å². The van der Waals surface area contributed by atoms with Gasteiger partial charge in [-0.3, -0.25) is 4.99 Å². The zero-order valence-corrected chi connectivity index (χ0v) is 18.5. The van der Waals surface area contributed by atoms with Crippen LogP contribution in [0.25, 0.3) is 0 Å². The van der Waals surface area contributed by atoms with Crippen molar-refractivity contribution >= 4 is 53.3 Å². The third-order valence-corrected chi connectivity index (χ3v) is 4.43. The topological polar surface area (TPSA) is 48.9 Å². The van der Waals surface area contributed by atoms with E-state index in [2.05, 4.69) is 27.6 Å². The number of rotatable bonds is 10. The standard InChI is InChI=1S/C16H27ClN4OS.HI/c1-18-16(19-8-10-21(2)11-12-22-3)20-9-13-23-15-6-4-14(17)5-7-15;/h4-7H,8-13H2,1-3H3,(H2,18,19,20);1H. The first-order valence-corrected chi connectivity index (χ1v) is 9.02. The van der Waals surface area contributed by atoms with E-state index in [9.17, 15) is 0 Å². The van der Waals surface area contributed by atoms with Gasteiger partial charge in [0.15, 0.2) is 5.96 Å². The van der Waals surface area contributed by atoms with E-state index >= 15 is 0 Å². The number of guanidine groups is 1. The van der Waals surface area contributed by atoms with Gasteiger partial charge >= 0.3 is 0 Å². The van der Waals surface area contributed by atoms with Crippen LogP contribution in [0.5, 0.6) is 0 Å². The molecule has 0 radical (unpaired) electrons. The molecule has 5 nitrogen and oxygen atoms in total. The van der Waals surface area contributed by atoms with Crippen molar-refractivity contribution in [3.05, 3.63) is 29.3 Å². The lowest BCUT2D eigenvalue weighted by Gasteiger charge is -2.17. The van der Waals surface area contributed by atoms with Crippen molar-refractivity contribution in [2.45, 2.75) is 4.90 Å². The van der Waals surface area contributed by atoms with Gasteiger partial charge in [0, 0.05) is 56.0 Å². The second-order valence-electron chi connectivity index (χ2n) is 5.02. The maximum absolute atomic E-state index is 5.88. The van der Waals surface area contributed by atoms with Gasteiger partial charge in [-0.1, -0.05) is 11.6 Å². The highest BCUT2D eigenvalue weighted by atomic mass is 127. The largest absolute Gasteiger partial charge is 0.383 e. The van der Waals surface area contributed by atoms with E-state index in [1.165, 1.54) is 4.90 Å². The molecule has 0 aliphatic heterocycles. The molecule has 138 valence electrons. The lowest BCUT2D eigenvalue weighted by atomic mass is 10.4. The Morgan fingerprint density at radius 3 is 2.50 bits per heavy atom. The molecule has 1 aromatic carbocycles. The van der Waals surface area contributed by atoms with Gasteiger partial charge in [0.05, 0.1) is 6.61 Å². The van der Waals surface area contributed by atoms with Crippen molar-refractivity contribution in [1.82, 2.24) is 15.5 Å². The molecule has 1 rings (SSSR count). The van der Waals surface area contributed by atoms with Gasteiger partial charge < -0.3 is 20.3 Å². The third-order valence-electron chi connectivity index (χ3n) is 3.16. The van der Waals surface area contributed by atoms with Crippen LogP contribution in [0.2, 0.25) is 5.02 Å². The predicted molar refractivity (Wildman–Crippen MR) is 116 cm³/mol. The molecule has 0 aliphatic rings. The summed E-state index contributed by atoms with van der Waals surface area (Å²) in [7, 11) is 5.59. The molecule has 0 aromatic heterocycles. The number of nitrogens with one attached hydrogen (secondary N) is 2. The highest BCUT2D eigenvalue weighted by Gasteiger charge is 2.00. The first kappa shape index (κ1) is 23.8. The molecule has 0 aliphatic carbocycles. The molecule has 1 aromatic rings. The molecule has 0 saturated carbocycles. The number of nitrogens with zero attached hydrogens (tertiary/aromatic N) is 2. The van der Waals surface area contributed by atoms with Gasteiger partial charge in [-0.15, -0.1) is 35.7 Å². The van der Waals surface area contributed by atoms with Crippen LogP contribution in [0.15, 0.2) is 34.2 Å². The fourth-order valence-corrected chi connectivity index (χ4v) is 2.71. The maximum atomic E-state index is 5.88. The monoisotopic (exact) mass is 486 g/mol. The van der Waals surface area contributed by atoms with Crippen LogP contribution >= 0.6 is 47.3 Å².